The number of hydrogen-bond acceptors (Lipinski definition) is 1. The lowest BCUT2D eigenvalue weighted by Crippen LogP contribution is -2.58. The van der Waals surface area contributed by atoms with Crippen LogP contribution in [0.25, 0.3) is 0 Å². The van der Waals surface area contributed by atoms with Crippen LogP contribution in [-0.4, -0.2) is 37.2 Å². The van der Waals surface area contributed by atoms with E-state index in [1.807, 2.05) is 0 Å². The predicted molar refractivity (Wildman–Crippen MR) is 92.4 cm³/mol. The van der Waals surface area contributed by atoms with E-state index in [-0.39, 0.29) is 0 Å². The molecular weight excluding hydrogens is 292 g/mol. The molecule has 2 unspecified atom stereocenters. The Morgan fingerprint density at radius 1 is 1.09 bits per heavy atom. The number of benzene rings is 2. The Morgan fingerprint density at radius 2 is 1.82 bits per heavy atom. The molecule has 0 saturated carbocycles. The maximum Gasteiger partial charge on any atom is 0.154 e. The Labute approximate surface area is 137 Å². The highest BCUT2D eigenvalue weighted by molar-refractivity contribution is 6.17. The van der Waals surface area contributed by atoms with Crippen LogP contribution in [0.2, 0.25) is 0 Å². The van der Waals surface area contributed by atoms with Gasteiger partial charge >= 0.3 is 0 Å². The second-order valence-corrected chi connectivity index (χ2v) is 7.10. The topological polar surface area (TPSA) is 3.24 Å². The zero-order valence-electron chi connectivity index (χ0n) is 13.0. The van der Waals surface area contributed by atoms with Gasteiger partial charge in [0.2, 0.25) is 0 Å². The van der Waals surface area contributed by atoms with Crippen LogP contribution in [0, 0.1) is 0 Å². The highest BCUT2D eigenvalue weighted by atomic mass is 35.5. The molecule has 0 amide bonds. The monoisotopic (exact) mass is 313 g/mol. The van der Waals surface area contributed by atoms with Gasteiger partial charge in [-0.25, -0.2) is 0 Å². The molecule has 4 rings (SSSR count). The Hall–Kier alpha value is -1.51. The van der Waals surface area contributed by atoms with Crippen molar-refractivity contribution < 1.29 is 4.48 Å². The molecular formula is C19H22ClN2+. The lowest BCUT2D eigenvalue weighted by Gasteiger charge is -2.46. The molecule has 2 aromatic carbocycles. The summed E-state index contributed by atoms with van der Waals surface area (Å²) in [7, 11) is 2.28. The van der Waals surface area contributed by atoms with Crippen molar-refractivity contribution in [3.05, 3.63) is 65.2 Å². The summed E-state index contributed by atoms with van der Waals surface area (Å²) >= 11 is 6.27. The fraction of sp³-hybridized carbons (Fsp3) is 0.368. The van der Waals surface area contributed by atoms with E-state index in [1.165, 1.54) is 22.4 Å². The molecule has 2 aliphatic heterocycles. The maximum atomic E-state index is 6.27. The van der Waals surface area contributed by atoms with Crippen molar-refractivity contribution in [3.8, 4) is 0 Å². The lowest BCUT2D eigenvalue weighted by molar-refractivity contribution is -0.902. The number of alkyl halides is 1. The number of anilines is 1. The van der Waals surface area contributed by atoms with E-state index in [2.05, 4.69) is 60.5 Å². The molecule has 0 bridgehead atoms. The van der Waals surface area contributed by atoms with E-state index in [0.29, 0.717) is 12.0 Å². The summed E-state index contributed by atoms with van der Waals surface area (Å²) < 4.78 is 0.944. The Kier molecular flexibility index (Phi) is 3.39. The summed E-state index contributed by atoms with van der Waals surface area (Å²) in [6.07, 6.45) is 1.03. The summed E-state index contributed by atoms with van der Waals surface area (Å²) in [5, 5.41) is 0. The molecule has 0 N–H and O–H groups in total. The van der Waals surface area contributed by atoms with Crippen molar-refractivity contribution in [3.63, 3.8) is 0 Å². The predicted octanol–water partition coefficient (Wildman–Crippen LogP) is 3.80. The number of quaternary nitrogens is 1. The number of para-hydroxylation sites is 1. The van der Waals surface area contributed by atoms with Gasteiger partial charge in [0.15, 0.2) is 6.00 Å². The fourth-order valence-electron chi connectivity index (χ4n) is 3.94. The maximum absolute atomic E-state index is 6.27. The molecule has 0 spiro atoms. The molecule has 114 valence electrons. The van der Waals surface area contributed by atoms with Crippen LogP contribution in [-0.2, 0) is 6.42 Å². The van der Waals surface area contributed by atoms with E-state index in [1.54, 1.807) is 0 Å². The average Bonchev–Trinajstić information content (AvgIpc) is 2.69. The van der Waals surface area contributed by atoms with Crippen LogP contribution in [0.3, 0.4) is 0 Å². The summed E-state index contributed by atoms with van der Waals surface area (Å²) in [5.41, 5.74) is 5.79. The van der Waals surface area contributed by atoms with Crippen molar-refractivity contribution in [2.75, 3.05) is 37.6 Å². The van der Waals surface area contributed by atoms with Crippen LogP contribution in [0.4, 0.5) is 5.69 Å². The molecule has 2 aliphatic rings. The largest absolute Gasteiger partial charge is 0.353 e. The lowest BCUT2D eigenvalue weighted by atomic mass is 9.95. The number of piperazine rings is 1. The first-order valence-corrected chi connectivity index (χ1v) is 8.55. The second-order valence-electron chi connectivity index (χ2n) is 6.86. The molecule has 0 radical (unpaired) electrons. The molecule has 2 atom stereocenters. The summed E-state index contributed by atoms with van der Waals surface area (Å²) in [6.45, 7) is 3.25. The summed E-state index contributed by atoms with van der Waals surface area (Å²) in [6, 6.07) is 18.9. The molecule has 2 heterocycles. The van der Waals surface area contributed by atoms with E-state index >= 15 is 0 Å². The molecule has 1 saturated heterocycles. The first-order valence-electron chi connectivity index (χ1n) is 8.02. The first kappa shape index (κ1) is 14.1. The number of rotatable bonds is 1. The molecule has 2 aromatic rings. The Bertz CT molecular complexity index is 699. The SMILES string of the molecule is C[N+]1(CCl)CCN2c3ccccc3Cc3ccccc3C2C1. The first-order chi connectivity index (χ1) is 10.7. The third-order valence-electron chi connectivity index (χ3n) is 5.26. The van der Waals surface area contributed by atoms with E-state index in [0.717, 1.165) is 30.5 Å². The van der Waals surface area contributed by atoms with Crippen LogP contribution in [0.1, 0.15) is 22.7 Å². The van der Waals surface area contributed by atoms with Gasteiger partial charge in [-0.1, -0.05) is 54.1 Å². The van der Waals surface area contributed by atoms with Crippen molar-refractivity contribution in [1.29, 1.82) is 0 Å². The second kappa shape index (κ2) is 5.29. The van der Waals surface area contributed by atoms with Gasteiger partial charge in [0.1, 0.15) is 12.6 Å². The van der Waals surface area contributed by atoms with Crippen molar-refractivity contribution >= 4 is 17.3 Å². The minimum Gasteiger partial charge on any atom is -0.353 e. The zero-order valence-corrected chi connectivity index (χ0v) is 13.8. The molecule has 1 fully saturated rings. The fourth-order valence-corrected chi connectivity index (χ4v) is 4.16. The molecule has 22 heavy (non-hydrogen) atoms. The highest BCUT2D eigenvalue weighted by Gasteiger charge is 2.39. The van der Waals surface area contributed by atoms with E-state index < -0.39 is 0 Å². The highest BCUT2D eigenvalue weighted by Crippen LogP contribution is 2.40. The minimum atomic E-state index is 0.428. The zero-order chi connectivity index (χ0) is 15.2. The van der Waals surface area contributed by atoms with Crippen molar-refractivity contribution in [2.45, 2.75) is 12.5 Å². The van der Waals surface area contributed by atoms with Crippen LogP contribution < -0.4 is 4.90 Å². The van der Waals surface area contributed by atoms with Gasteiger partial charge in [-0.05, 0) is 29.2 Å². The van der Waals surface area contributed by atoms with Gasteiger partial charge in [-0.15, -0.1) is 0 Å². The Morgan fingerprint density at radius 3 is 2.64 bits per heavy atom. The average molecular weight is 314 g/mol. The van der Waals surface area contributed by atoms with Crippen LogP contribution >= 0.6 is 11.6 Å². The van der Waals surface area contributed by atoms with Gasteiger partial charge in [0, 0.05) is 5.69 Å². The van der Waals surface area contributed by atoms with Gasteiger partial charge < -0.3 is 9.38 Å². The third kappa shape index (κ3) is 2.22. The smallest absolute Gasteiger partial charge is 0.154 e. The number of likely N-dealkylation sites (N-methyl/N-ethyl adjacent to an activating group) is 1. The number of fused-ring (bicyclic) bond motifs is 5. The number of nitrogens with zero attached hydrogens (tertiary/aromatic N) is 2. The molecule has 2 nitrogen and oxygen atoms in total. The third-order valence-corrected chi connectivity index (χ3v) is 5.83. The van der Waals surface area contributed by atoms with E-state index in [4.69, 9.17) is 11.6 Å². The van der Waals surface area contributed by atoms with Gasteiger partial charge in [-0.2, -0.15) is 0 Å². The molecule has 3 heteroatoms. The van der Waals surface area contributed by atoms with Gasteiger partial charge in [0.05, 0.1) is 20.1 Å². The van der Waals surface area contributed by atoms with Crippen molar-refractivity contribution in [2.24, 2.45) is 0 Å². The summed E-state index contributed by atoms with van der Waals surface area (Å²) in [4.78, 5) is 2.60. The van der Waals surface area contributed by atoms with Gasteiger partial charge in [-0.3, -0.25) is 0 Å². The molecule has 0 aromatic heterocycles. The van der Waals surface area contributed by atoms with Crippen molar-refractivity contribution in [1.82, 2.24) is 0 Å². The number of hydrogen-bond donors (Lipinski definition) is 0. The minimum absolute atomic E-state index is 0.428. The summed E-state index contributed by atoms with van der Waals surface area (Å²) in [5.74, 6) is 0. The number of halogens is 1. The van der Waals surface area contributed by atoms with Gasteiger partial charge in [0.25, 0.3) is 0 Å². The molecule has 0 aliphatic carbocycles. The standard InChI is InChI=1S/C19H22ClN2/c1-22(14-20)11-10-21-18-9-5-3-7-16(18)12-15-6-2-4-8-17(15)19(21)13-22/h2-9,19H,10-14H2,1H3/q+1. The van der Waals surface area contributed by atoms with Crippen LogP contribution in [0.15, 0.2) is 48.5 Å². The Balaban J connectivity index is 1.87. The normalized spacial score (nSPS) is 26.6. The van der Waals surface area contributed by atoms with E-state index in [9.17, 15) is 0 Å². The van der Waals surface area contributed by atoms with Crippen LogP contribution in [0.5, 0.6) is 0 Å². The quantitative estimate of drug-likeness (QED) is 0.440.